The first-order valence-electron chi connectivity index (χ1n) is 13.5. The maximum atomic E-state index is 12.9. The third kappa shape index (κ3) is 5.03. The number of fused-ring (bicyclic) bond motifs is 2. The molecular formula is C30H35N5O4. The van der Waals surface area contributed by atoms with Gasteiger partial charge < -0.3 is 19.1 Å². The fourth-order valence-electron chi connectivity index (χ4n) is 5.69. The number of methoxy groups -OCH3 is 1. The number of ether oxygens (including phenoxy) is 3. The van der Waals surface area contributed by atoms with Gasteiger partial charge in [0, 0.05) is 61.1 Å². The molecule has 39 heavy (non-hydrogen) atoms. The summed E-state index contributed by atoms with van der Waals surface area (Å²) in [5, 5.41) is 5.52. The summed E-state index contributed by atoms with van der Waals surface area (Å²) in [5.41, 5.74) is 4.70. The summed E-state index contributed by atoms with van der Waals surface area (Å²) in [6, 6.07) is 12.1. The van der Waals surface area contributed by atoms with Gasteiger partial charge in [0.2, 0.25) is 0 Å². The Bertz CT molecular complexity index is 1550. The third-order valence-electron chi connectivity index (χ3n) is 7.65. The van der Waals surface area contributed by atoms with Gasteiger partial charge in [0.15, 0.2) is 6.79 Å². The maximum absolute atomic E-state index is 12.9. The molecule has 1 unspecified atom stereocenters. The van der Waals surface area contributed by atoms with E-state index in [9.17, 15) is 4.79 Å². The van der Waals surface area contributed by atoms with E-state index in [4.69, 9.17) is 24.2 Å². The Morgan fingerprint density at radius 1 is 1.08 bits per heavy atom. The van der Waals surface area contributed by atoms with Gasteiger partial charge in [0.1, 0.15) is 11.4 Å². The Balaban J connectivity index is 1.26. The topological polar surface area (TPSA) is 91.6 Å². The number of benzene rings is 1. The number of carbonyl (C=O) groups excluding carboxylic acids is 1. The highest BCUT2D eigenvalue weighted by Crippen LogP contribution is 2.52. The minimum absolute atomic E-state index is 0.0897. The molecule has 204 valence electrons. The van der Waals surface area contributed by atoms with Crippen molar-refractivity contribution in [1.82, 2.24) is 24.6 Å². The molecule has 1 saturated heterocycles. The molecule has 2 fully saturated rings. The molecule has 1 atom stereocenters. The predicted octanol–water partition coefficient (Wildman–Crippen LogP) is 5.81. The van der Waals surface area contributed by atoms with Gasteiger partial charge in [0.05, 0.1) is 22.2 Å². The maximum Gasteiger partial charge on any atom is 0.410 e. The number of piperidine rings is 1. The van der Waals surface area contributed by atoms with Crippen LogP contribution in [0.4, 0.5) is 4.79 Å². The molecule has 1 aliphatic carbocycles. The van der Waals surface area contributed by atoms with Crippen LogP contribution >= 0.6 is 0 Å². The number of likely N-dealkylation sites (tertiary alicyclic amines) is 1. The quantitative estimate of drug-likeness (QED) is 0.301. The monoisotopic (exact) mass is 529 g/mol. The van der Waals surface area contributed by atoms with Crippen LogP contribution in [0.1, 0.15) is 58.1 Å². The number of pyridine rings is 2. The SMILES string of the molecule is COCOc1cc2nn(C)cc2cc1-c1ccc2nc(C3CCN(C(=O)OC(C)(C)C)C4(CC4)C3)ccc2n1. The summed E-state index contributed by atoms with van der Waals surface area (Å²) in [5.74, 6) is 0.975. The fourth-order valence-corrected chi connectivity index (χ4v) is 5.69. The number of aryl methyl sites for hydroxylation is 1. The lowest BCUT2D eigenvalue weighted by atomic mass is 9.86. The molecule has 1 amide bonds. The highest BCUT2D eigenvalue weighted by molar-refractivity contribution is 5.88. The summed E-state index contributed by atoms with van der Waals surface area (Å²) in [7, 11) is 3.50. The third-order valence-corrected chi connectivity index (χ3v) is 7.65. The lowest BCUT2D eigenvalue weighted by Gasteiger charge is -2.40. The van der Waals surface area contributed by atoms with Crippen molar-refractivity contribution < 1.29 is 19.0 Å². The molecule has 3 aromatic heterocycles. The van der Waals surface area contributed by atoms with Crippen LogP contribution in [0.3, 0.4) is 0 Å². The molecule has 4 aromatic rings. The molecule has 1 saturated carbocycles. The van der Waals surface area contributed by atoms with Crippen molar-refractivity contribution in [2.45, 2.75) is 63.5 Å². The molecule has 0 bridgehead atoms. The number of carbonyl (C=O) groups is 1. The smallest absolute Gasteiger partial charge is 0.410 e. The molecule has 0 radical (unpaired) electrons. The van der Waals surface area contributed by atoms with Crippen LogP contribution in [0.15, 0.2) is 42.6 Å². The molecule has 6 rings (SSSR count). The standard InChI is InChI=1S/C30H35N5O4/c1-29(2,3)39-28(36)35-13-10-19(16-30(35)11-12-30)22-6-8-25-24(31-22)9-7-23(32-25)21-14-20-17-34(4)33-26(20)15-27(21)38-18-37-5/h6-9,14-15,17,19H,10-13,16,18H2,1-5H3. The predicted molar refractivity (Wildman–Crippen MR) is 149 cm³/mol. The van der Waals surface area contributed by atoms with Crippen LogP contribution in [0.5, 0.6) is 5.75 Å². The summed E-state index contributed by atoms with van der Waals surface area (Å²) < 4.78 is 18.5. The van der Waals surface area contributed by atoms with Gasteiger partial charge in [-0.25, -0.2) is 9.78 Å². The van der Waals surface area contributed by atoms with E-state index in [2.05, 4.69) is 23.3 Å². The summed E-state index contributed by atoms with van der Waals surface area (Å²) >= 11 is 0. The average molecular weight is 530 g/mol. The van der Waals surface area contributed by atoms with Crippen LogP contribution in [-0.4, -0.2) is 62.3 Å². The molecule has 2 aliphatic rings. The normalized spacial score (nSPS) is 18.6. The van der Waals surface area contributed by atoms with Gasteiger partial charge >= 0.3 is 6.09 Å². The Morgan fingerprint density at radius 3 is 2.59 bits per heavy atom. The Morgan fingerprint density at radius 2 is 1.85 bits per heavy atom. The highest BCUT2D eigenvalue weighted by atomic mass is 16.7. The number of rotatable bonds is 5. The van der Waals surface area contributed by atoms with Crippen molar-refractivity contribution in [3.63, 3.8) is 0 Å². The lowest BCUT2D eigenvalue weighted by molar-refractivity contribution is 0.00357. The van der Waals surface area contributed by atoms with Gasteiger partial charge in [-0.05, 0) is 76.8 Å². The summed E-state index contributed by atoms with van der Waals surface area (Å²) in [4.78, 5) is 24.8. The zero-order chi connectivity index (χ0) is 27.4. The van der Waals surface area contributed by atoms with Crippen molar-refractivity contribution in [3.05, 3.63) is 48.3 Å². The minimum atomic E-state index is -0.490. The second-order valence-electron chi connectivity index (χ2n) is 11.8. The van der Waals surface area contributed by atoms with Gasteiger partial charge in [-0.3, -0.25) is 9.67 Å². The molecule has 9 heteroatoms. The van der Waals surface area contributed by atoms with Crippen molar-refractivity contribution in [2.24, 2.45) is 7.05 Å². The van der Waals surface area contributed by atoms with Crippen molar-refractivity contribution >= 4 is 28.0 Å². The van der Waals surface area contributed by atoms with Crippen LogP contribution in [0, 0.1) is 0 Å². The first kappa shape index (κ1) is 25.6. The van der Waals surface area contributed by atoms with Crippen molar-refractivity contribution in [3.8, 4) is 17.0 Å². The Hall–Kier alpha value is -3.72. The van der Waals surface area contributed by atoms with Gasteiger partial charge in [-0.1, -0.05) is 0 Å². The molecule has 1 aliphatic heterocycles. The second kappa shape index (κ2) is 9.48. The summed E-state index contributed by atoms with van der Waals surface area (Å²) in [6.45, 7) is 6.58. The molecule has 1 spiro atoms. The van der Waals surface area contributed by atoms with E-state index in [1.54, 1.807) is 11.8 Å². The van der Waals surface area contributed by atoms with Crippen LogP contribution in [-0.2, 0) is 16.5 Å². The summed E-state index contributed by atoms with van der Waals surface area (Å²) in [6.07, 6.45) is 5.62. The molecule has 9 nitrogen and oxygen atoms in total. The fraction of sp³-hybridized carbons (Fsp3) is 0.467. The molecule has 0 N–H and O–H groups in total. The number of amides is 1. The van der Waals surface area contributed by atoms with E-state index >= 15 is 0 Å². The number of hydrogen-bond donors (Lipinski definition) is 0. The van der Waals surface area contributed by atoms with E-state index < -0.39 is 5.60 Å². The number of nitrogens with zero attached hydrogens (tertiary/aromatic N) is 5. The van der Waals surface area contributed by atoms with Crippen LogP contribution in [0.25, 0.3) is 33.2 Å². The number of hydrogen-bond acceptors (Lipinski definition) is 7. The zero-order valence-corrected chi connectivity index (χ0v) is 23.2. The molecule has 1 aromatic carbocycles. The Labute approximate surface area is 228 Å². The van der Waals surface area contributed by atoms with E-state index in [-0.39, 0.29) is 18.4 Å². The van der Waals surface area contributed by atoms with Gasteiger partial charge in [0.25, 0.3) is 0 Å². The highest BCUT2D eigenvalue weighted by Gasteiger charge is 2.54. The lowest BCUT2D eigenvalue weighted by Crippen LogP contribution is -2.49. The minimum Gasteiger partial charge on any atom is -0.467 e. The second-order valence-corrected chi connectivity index (χ2v) is 11.8. The Kier molecular flexibility index (Phi) is 6.21. The van der Waals surface area contributed by atoms with Gasteiger partial charge in [-0.15, -0.1) is 0 Å². The molecular weight excluding hydrogens is 494 g/mol. The van der Waals surface area contributed by atoms with Crippen molar-refractivity contribution in [2.75, 3.05) is 20.4 Å². The van der Waals surface area contributed by atoms with E-state index in [0.717, 1.165) is 64.6 Å². The van der Waals surface area contributed by atoms with Gasteiger partial charge in [-0.2, -0.15) is 5.10 Å². The van der Waals surface area contributed by atoms with Crippen LogP contribution in [0.2, 0.25) is 0 Å². The largest absolute Gasteiger partial charge is 0.467 e. The van der Waals surface area contributed by atoms with Crippen LogP contribution < -0.4 is 4.74 Å². The van der Waals surface area contributed by atoms with E-state index in [0.29, 0.717) is 18.2 Å². The van der Waals surface area contributed by atoms with E-state index in [1.165, 1.54) is 0 Å². The number of aromatic nitrogens is 4. The first-order chi connectivity index (χ1) is 18.6. The first-order valence-corrected chi connectivity index (χ1v) is 13.5. The van der Waals surface area contributed by atoms with Crippen molar-refractivity contribution in [1.29, 1.82) is 0 Å². The average Bonchev–Trinajstić information content (AvgIpc) is 3.54. The zero-order valence-electron chi connectivity index (χ0n) is 23.2. The molecule has 4 heterocycles. The van der Waals surface area contributed by atoms with E-state index in [1.807, 2.05) is 57.1 Å².